The van der Waals surface area contributed by atoms with Crippen molar-refractivity contribution in [2.45, 2.75) is 12.8 Å². The normalized spacial score (nSPS) is 15.1. The van der Waals surface area contributed by atoms with E-state index in [0.717, 1.165) is 24.4 Å². The van der Waals surface area contributed by atoms with E-state index in [9.17, 15) is 0 Å². The summed E-state index contributed by atoms with van der Waals surface area (Å²) in [7, 11) is 0. The Balaban J connectivity index is 2.28. The molecule has 2 nitrogen and oxygen atoms in total. The van der Waals surface area contributed by atoms with Gasteiger partial charge in [-0.25, -0.2) is 9.97 Å². The lowest BCUT2D eigenvalue weighted by atomic mass is 10.0. The molecule has 0 spiro atoms. The van der Waals surface area contributed by atoms with E-state index in [4.69, 9.17) is 0 Å². The monoisotopic (exact) mass is 210 g/mol. The van der Waals surface area contributed by atoms with Gasteiger partial charge < -0.3 is 0 Å². The smallest absolute Gasteiger partial charge is 0.152 e. The molecule has 0 aromatic carbocycles. The Morgan fingerprint density at radius 2 is 2.31 bits per heavy atom. The maximum atomic E-state index is 4.49. The summed E-state index contributed by atoms with van der Waals surface area (Å²) in [6.07, 6.45) is 15.7. The van der Waals surface area contributed by atoms with Crippen LogP contribution in [0.15, 0.2) is 49.2 Å². The van der Waals surface area contributed by atoms with Crippen LogP contribution >= 0.6 is 0 Å². The van der Waals surface area contributed by atoms with Crippen LogP contribution in [0.5, 0.6) is 0 Å². The number of nitrogens with zero attached hydrogens (tertiary/aromatic N) is 2. The Kier molecular flexibility index (Phi) is 3.44. The summed E-state index contributed by atoms with van der Waals surface area (Å²) in [5.41, 5.74) is 2.29. The lowest BCUT2D eigenvalue weighted by Crippen LogP contribution is -1.95. The second-order valence-electron chi connectivity index (χ2n) is 3.55. The van der Waals surface area contributed by atoms with Gasteiger partial charge in [-0.3, -0.25) is 0 Å². The van der Waals surface area contributed by atoms with Crippen molar-refractivity contribution in [3.8, 4) is 0 Å². The van der Waals surface area contributed by atoms with Crippen molar-refractivity contribution in [2.24, 2.45) is 0 Å². The molecular weight excluding hydrogens is 196 g/mol. The van der Waals surface area contributed by atoms with Crippen LogP contribution in [0.25, 0.3) is 11.6 Å². The number of allylic oxidation sites excluding steroid dienone is 6. The maximum absolute atomic E-state index is 4.49. The molecule has 0 bridgehead atoms. The largest absolute Gasteiger partial charge is 0.237 e. The molecular formula is C14H14N2. The van der Waals surface area contributed by atoms with Crippen LogP contribution in [-0.2, 0) is 0 Å². The third kappa shape index (κ3) is 2.54. The molecule has 0 N–H and O–H groups in total. The van der Waals surface area contributed by atoms with Gasteiger partial charge in [0.2, 0.25) is 0 Å². The Bertz CT molecular complexity index is 467. The van der Waals surface area contributed by atoms with E-state index in [2.05, 4.69) is 34.8 Å². The molecule has 1 aromatic heterocycles. The molecule has 80 valence electrons. The maximum Gasteiger partial charge on any atom is 0.152 e. The molecule has 0 atom stereocenters. The van der Waals surface area contributed by atoms with E-state index in [1.54, 1.807) is 12.3 Å². The first-order chi connectivity index (χ1) is 7.90. The van der Waals surface area contributed by atoms with E-state index in [-0.39, 0.29) is 0 Å². The minimum Gasteiger partial charge on any atom is -0.237 e. The summed E-state index contributed by atoms with van der Waals surface area (Å²) in [6.45, 7) is 3.63. The van der Waals surface area contributed by atoms with Gasteiger partial charge in [-0.2, -0.15) is 0 Å². The van der Waals surface area contributed by atoms with Gasteiger partial charge in [-0.05, 0) is 30.6 Å². The number of rotatable bonds is 3. The average molecular weight is 210 g/mol. The van der Waals surface area contributed by atoms with Gasteiger partial charge >= 0.3 is 0 Å². The minimum atomic E-state index is 0.729. The molecule has 0 saturated carbocycles. The average Bonchev–Trinajstić information content (AvgIpc) is 2.38. The van der Waals surface area contributed by atoms with Gasteiger partial charge in [0.15, 0.2) is 5.82 Å². The fourth-order valence-electron chi connectivity index (χ4n) is 1.60. The molecule has 0 aliphatic heterocycles. The molecule has 0 fully saturated rings. The second-order valence-corrected chi connectivity index (χ2v) is 3.55. The summed E-state index contributed by atoms with van der Waals surface area (Å²) < 4.78 is 0. The van der Waals surface area contributed by atoms with E-state index in [1.165, 1.54) is 5.57 Å². The highest BCUT2D eigenvalue weighted by molar-refractivity contribution is 5.65. The molecule has 2 heteroatoms. The number of aromatic nitrogens is 2. The number of hydrogen-bond acceptors (Lipinski definition) is 2. The first kappa shape index (κ1) is 10.6. The molecule has 0 amide bonds. The molecule has 16 heavy (non-hydrogen) atoms. The zero-order valence-corrected chi connectivity index (χ0v) is 9.13. The van der Waals surface area contributed by atoms with Gasteiger partial charge in [-0.15, -0.1) is 0 Å². The molecule has 1 aliphatic rings. The predicted octanol–water partition coefficient (Wildman–Crippen LogP) is 3.41. The fourth-order valence-corrected chi connectivity index (χ4v) is 1.60. The SMILES string of the molecule is C=C/C=C/c1nccc(C2=CC=CCC2)n1. The third-order valence-electron chi connectivity index (χ3n) is 2.40. The van der Waals surface area contributed by atoms with Crippen LogP contribution in [0.3, 0.4) is 0 Å². The van der Waals surface area contributed by atoms with Crippen LogP contribution in [0, 0.1) is 0 Å². The van der Waals surface area contributed by atoms with Crippen molar-refractivity contribution >= 4 is 11.6 Å². The van der Waals surface area contributed by atoms with Gasteiger partial charge in [0.25, 0.3) is 0 Å². The predicted molar refractivity (Wildman–Crippen MR) is 67.6 cm³/mol. The van der Waals surface area contributed by atoms with Gasteiger partial charge in [0.05, 0.1) is 5.69 Å². The first-order valence-corrected chi connectivity index (χ1v) is 5.38. The van der Waals surface area contributed by atoms with E-state index in [1.807, 2.05) is 18.2 Å². The lowest BCUT2D eigenvalue weighted by molar-refractivity contribution is 1.02. The highest BCUT2D eigenvalue weighted by atomic mass is 14.9. The topological polar surface area (TPSA) is 25.8 Å². The Morgan fingerprint density at radius 3 is 3.06 bits per heavy atom. The Labute approximate surface area is 95.8 Å². The molecule has 1 aliphatic carbocycles. The van der Waals surface area contributed by atoms with Crippen molar-refractivity contribution < 1.29 is 0 Å². The molecule has 0 radical (unpaired) electrons. The minimum absolute atomic E-state index is 0.729. The van der Waals surface area contributed by atoms with E-state index < -0.39 is 0 Å². The lowest BCUT2D eigenvalue weighted by Gasteiger charge is -2.08. The molecule has 2 rings (SSSR count). The molecule has 0 unspecified atom stereocenters. The van der Waals surface area contributed by atoms with Crippen molar-refractivity contribution in [3.05, 3.63) is 60.7 Å². The molecule has 1 heterocycles. The standard InChI is InChI=1S/C14H14N2/c1-2-3-9-14-15-11-10-13(16-14)12-7-5-4-6-8-12/h2-5,7,9-11H,1,6,8H2/b9-3+. The van der Waals surface area contributed by atoms with Crippen molar-refractivity contribution in [3.63, 3.8) is 0 Å². The molecule has 0 saturated heterocycles. The Morgan fingerprint density at radius 1 is 1.38 bits per heavy atom. The number of hydrogen-bond donors (Lipinski definition) is 0. The zero-order chi connectivity index (χ0) is 11.2. The third-order valence-corrected chi connectivity index (χ3v) is 2.40. The van der Waals surface area contributed by atoms with Crippen molar-refractivity contribution in [2.75, 3.05) is 0 Å². The van der Waals surface area contributed by atoms with Gasteiger partial charge in [0, 0.05) is 6.20 Å². The summed E-state index contributed by atoms with van der Waals surface area (Å²) >= 11 is 0. The van der Waals surface area contributed by atoms with Crippen LogP contribution in [-0.4, -0.2) is 9.97 Å². The van der Waals surface area contributed by atoms with Crippen LogP contribution in [0.1, 0.15) is 24.4 Å². The van der Waals surface area contributed by atoms with Gasteiger partial charge in [-0.1, -0.05) is 37.0 Å². The van der Waals surface area contributed by atoms with Gasteiger partial charge in [0.1, 0.15) is 0 Å². The zero-order valence-electron chi connectivity index (χ0n) is 9.13. The summed E-state index contributed by atoms with van der Waals surface area (Å²) in [4.78, 5) is 8.67. The van der Waals surface area contributed by atoms with Crippen molar-refractivity contribution in [1.82, 2.24) is 9.97 Å². The highest BCUT2D eigenvalue weighted by Gasteiger charge is 2.04. The van der Waals surface area contributed by atoms with Crippen molar-refractivity contribution in [1.29, 1.82) is 0 Å². The summed E-state index contributed by atoms with van der Waals surface area (Å²) in [5, 5.41) is 0. The molecule has 1 aromatic rings. The Hall–Kier alpha value is -1.96. The van der Waals surface area contributed by atoms with Crippen LogP contribution in [0.2, 0.25) is 0 Å². The van der Waals surface area contributed by atoms with Crippen LogP contribution < -0.4 is 0 Å². The summed E-state index contributed by atoms with van der Waals surface area (Å²) in [5.74, 6) is 0.729. The second kappa shape index (κ2) is 5.21. The fraction of sp³-hybridized carbons (Fsp3) is 0.143. The van der Waals surface area contributed by atoms with Crippen LogP contribution in [0.4, 0.5) is 0 Å². The summed E-state index contributed by atoms with van der Waals surface area (Å²) in [6, 6.07) is 1.95. The van der Waals surface area contributed by atoms with E-state index in [0.29, 0.717) is 0 Å². The first-order valence-electron chi connectivity index (χ1n) is 5.38. The quantitative estimate of drug-likeness (QED) is 0.714. The van der Waals surface area contributed by atoms with E-state index >= 15 is 0 Å². The highest BCUT2D eigenvalue weighted by Crippen LogP contribution is 2.21.